The van der Waals surface area contributed by atoms with Crippen molar-refractivity contribution in [1.29, 1.82) is 0 Å². The zero-order valence-electron chi connectivity index (χ0n) is 43.1. The van der Waals surface area contributed by atoms with Crippen LogP contribution in [-0.2, 0) is 56.2 Å². The fourth-order valence-corrected chi connectivity index (χ4v) is 11.2. The standard InChI is InChI=1S/C48H81FN6O14S/c1-14-37-48(10,61)41(57)30(6)54(12)23-26(2)21-46(8,60)43(28(4)40(29(5)44(59)67-37)68-38-22-47(9,64-13)42(58)31(7)66-38)69-45-39(56)36(19-27(3)65-45)53(11)18-17-33-25-55(52-51-33)24-32-15-16-34(20-35(32)49)70(50,62)63/h15-16,20,25-31,36-43,45,56-58,60-61H,14,17-19,21-24H2,1-13H3,(H2,50,62,63)/t26-,27-,28+,29-,30-,31+,36+,37-,38+,39-,40+,41-,42+,43-,45+,46-,47-,48-/m1/s1. The highest BCUT2D eigenvalue weighted by molar-refractivity contribution is 7.89. The zero-order valence-corrected chi connectivity index (χ0v) is 44.0. The fraction of sp³-hybridized carbons (Fsp3) is 0.812. The van der Waals surface area contributed by atoms with Gasteiger partial charge in [-0.3, -0.25) is 4.79 Å². The van der Waals surface area contributed by atoms with Crippen LogP contribution in [-0.4, -0.2) is 189 Å². The quantitative estimate of drug-likeness (QED) is 0.157. The summed E-state index contributed by atoms with van der Waals surface area (Å²) in [4.78, 5) is 18.0. The molecule has 3 fully saturated rings. The Balaban J connectivity index is 1.44. The summed E-state index contributed by atoms with van der Waals surface area (Å²) in [5.74, 6) is -3.67. The Kier molecular flexibility index (Phi) is 19.2. The van der Waals surface area contributed by atoms with Gasteiger partial charge in [0.15, 0.2) is 12.6 Å². The van der Waals surface area contributed by atoms with Crippen molar-refractivity contribution < 1.29 is 71.6 Å². The van der Waals surface area contributed by atoms with E-state index in [9.17, 15) is 43.1 Å². The van der Waals surface area contributed by atoms with Crippen LogP contribution in [0, 0.1) is 23.6 Å². The SMILES string of the molecule is CC[C@H]1OC(=O)[C@H](C)[C@@H](O[C@H]2C[C@@](C)(OC)[C@@H](O)[C@H](C)O2)[C@H](C)[C@@H](O[C@@H]2O[C@H](C)C[C@H](N(C)CCc3cn(Cc4ccc(S(N)(=O)=O)cc4F)nn3)[C@H]2O)[C@](C)(O)C[C@@H](C)CN(C)[C@H](C)[C@@H](O)[C@]1(C)O. The average Bonchev–Trinajstić information content (AvgIpc) is 3.73. The van der Waals surface area contributed by atoms with Gasteiger partial charge in [-0.05, 0) is 99.9 Å². The molecule has 2 aromatic rings. The molecule has 22 heteroatoms. The minimum Gasteiger partial charge on any atom is -0.459 e. The molecule has 0 aliphatic carbocycles. The second-order valence-corrected chi connectivity index (χ2v) is 22.7. The molecular formula is C48H81FN6O14S. The first kappa shape index (κ1) is 58.1. The molecule has 5 rings (SSSR count). The second kappa shape index (κ2) is 23.2. The number of cyclic esters (lactones) is 1. The van der Waals surface area contributed by atoms with Crippen LogP contribution in [0.15, 0.2) is 29.3 Å². The number of carbonyl (C=O) groups is 1. The Morgan fingerprint density at radius 2 is 1.69 bits per heavy atom. The van der Waals surface area contributed by atoms with Gasteiger partial charge in [-0.1, -0.05) is 32.1 Å². The topological polar surface area (TPSA) is 271 Å². The zero-order chi connectivity index (χ0) is 52.4. The first-order valence-electron chi connectivity index (χ1n) is 24.4. The first-order valence-corrected chi connectivity index (χ1v) is 26.0. The van der Waals surface area contributed by atoms with Crippen LogP contribution in [0.5, 0.6) is 0 Å². The molecule has 1 aromatic carbocycles. The summed E-state index contributed by atoms with van der Waals surface area (Å²) in [6, 6.07) is 2.32. The number of carbonyl (C=O) groups excluding carboxylic acids is 1. The van der Waals surface area contributed by atoms with Gasteiger partial charge in [-0.15, -0.1) is 5.10 Å². The van der Waals surface area contributed by atoms with Crippen molar-refractivity contribution in [2.75, 3.05) is 34.3 Å². The molecule has 70 heavy (non-hydrogen) atoms. The number of aliphatic hydroxyl groups is 5. The highest BCUT2D eigenvalue weighted by atomic mass is 32.2. The molecule has 7 N–H and O–H groups in total. The molecule has 1 aromatic heterocycles. The molecular weight excluding hydrogens is 936 g/mol. The number of hydrogen-bond acceptors (Lipinski definition) is 18. The number of sulfonamides is 1. The van der Waals surface area contributed by atoms with Crippen LogP contribution in [0.4, 0.5) is 4.39 Å². The number of rotatable bonds is 13. The lowest BCUT2D eigenvalue weighted by Crippen LogP contribution is -2.61. The van der Waals surface area contributed by atoms with E-state index in [1.807, 2.05) is 37.7 Å². The Hall–Kier alpha value is -2.81. The van der Waals surface area contributed by atoms with Crippen LogP contribution < -0.4 is 5.14 Å². The number of hydrogen-bond donors (Lipinski definition) is 6. The lowest BCUT2D eigenvalue weighted by molar-refractivity contribution is -0.318. The van der Waals surface area contributed by atoms with Crippen LogP contribution in [0.3, 0.4) is 0 Å². The number of halogens is 1. The lowest BCUT2D eigenvalue weighted by Gasteiger charge is -2.49. The number of likely N-dealkylation sites (N-methyl/N-ethyl adjacent to an activating group) is 2. The van der Waals surface area contributed by atoms with Crippen LogP contribution >= 0.6 is 0 Å². The minimum absolute atomic E-state index is 0.00838. The Labute approximate surface area is 412 Å². The number of aliphatic hydroxyl groups excluding tert-OH is 3. The molecule has 400 valence electrons. The Morgan fingerprint density at radius 3 is 2.30 bits per heavy atom. The van der Waals surface area contributed by atoms with Crippen molar-refractivity contribution in [1.82, 2.24) is 24.8 Å². The van der Waals surface area contributed by atoms with Crippen molar-refractivity contribution in [2.45, 2.75) is 203 Å². The van der Waals surface area contributed by atoms with Crippen molar-refractivity contribution in [3.05, 3.63) is 41.5 Å². The molecule has 0 radical (unpaired) electrons. The summed E-state index contributed by atoms with van der Waals surface area (Å²) in [6.07, 6.45) is -7.57. The molecule has 0 unspecified atom stereocenters. The lowest BCUT2D eigenvalue weighted by atomic mass is 9.77. The van der Waals surface area contributed by atoms with E-state index in [0.29, 0.717) is 31.6 Å². The van der Waals surface area contributed by atoms with Gasteiger partial charge in [0.05, 0.1) is 58.7 Å². The highest BCUT2D eigenvalue weighted by Crippen LogP contribution is 2.40. The molecule has 20 nitrogen and oxygen atoms in total. The molecule has 0 spiro atoms. The van der Waals surface area contributed by atoms with Gasteiger partial charge in [0.2, 0.25) is 10.0 Å². The number of nitrogens with two attached hydrogens (primary N) is 1. The van der Waals surface area contributed by atoms with Gasteiger partial charge < -0.3 is 63.8 Å². The summed E-state index contributed by atoms with van der Waals surface area (Å²) in [5.41, 5.74) is -3.84. The predicted molar refractivity (Wildman–Crippen MR) is 254 cm³/mol. The third-order valence-electron chi connectivity index (χ3n) is 15.1. The predicted octanol–water partition coefficient (Wildman–Crippen LogP) is 1.94. The van der Waals surface area contributed by atoms with E-state index in [1.165, 1.54) is 30.8 Å². The van der Waals surface area contributed by atoms with E-state index >= 15 is 0 Å². The number of primary sulfonamides is 1. The molecule has 3 saturated heterocycles. The average molecular weight is 1020 g/mol. The van der Waals surface area contributed by atoms with Crippen LogP contribution in [0.2, 0.25) is 0 Å². The van der Waals surface area contributed by atoms with E-state index in [0.717, 1.165) is 6.07 Å². The van der Waals surface area contributed by atoms with E-state index in [1.54, 1.807) is 54.7 Å². The van der Waals surface area contributed by atoms with E-state index in [-0.39, 0.29) is 42.2 Å². The Morgan fingerprint density at radius 1 is 1.01 bits per heavy atom. The molecule has 18 atom stereocenters. The van der Waals surface area contributed by atoms with Crippen LogP contribution in [0.25, 0.3) is 0 Å². The minimum atomic E-state index is -4.08. The number of methoxy groups -OCH3 is 1. The number of ether oxygens (including phenoxy) is 6. The molecule has 3 aliphatic rings. The summed E-state index contributed by atoms with van der Waals surface area (Å²) in [6.45, 7) is 18.0. The third kappa shape index (κ3) is 13.5. The normalized spacial score (nSPS) is 40.1. The van der Waals surface area contributed by atoms with Crippen molar-refractivity contribution in [3.63, 3.8) is 0 Å². The van der Waals surface area contributed by atoms with E-state index in [2.05, 4.69) is 10.3 Å². The van der Waals surface area contributed by atoms with Crippen molar-refractivity contribution in [2.24, 2.45) is 22.9 Å². The summed E-state index contributed by atoms with van der Waals surface area (Å²) in [7, 11) is 1.07. The third-order valence-corrected chi connectivity index (χ3v) is 16.0. The maximum absolute atomic E-state index is 14.8. The van der Waals surface area contributed by atoms with E-state index < -0.39 is 124 Å². The maximum atomic E-state index is 14.8. The van der Waals surface area contributed by atoms with Crippen LogP contribution in [0.1, 0.15) is 106 Å². The van der Waals surface area contributed by atoms with E-state index in [4.69, 9.17) is 33.6 Å². The molecule has 0 bridgehead atoms. The maximum Gasteiger partial charge on any atom is 0.311 e. The monoisotopic (exact) mass is 1020 g/mol. The fourth-order valence-electron chi connectivity index (χ4n) is 10.7. The smallest absolute Gasteiger partial charge is 0.311 e. The van der Waals surface area contributed by atoms with Gasteiger partial charge in [0, 0.05) is 62.8 Å². The number of benzene rings is 1. The number of nitrogens with zero attached hydrogens (tertiary/aromatic N) is 5. The van der Waals surface area contributed by atoms with Crippen molar-refractivity contribution >= 4 is 16.0 Å². The van der Waals surface area contributed by atoms with Crippen molar-refractivity contribution in [3.8, 4) is 0 Å². The largest absolute Gasteiger partial charge is 0.459 e. The second-order valence-electron chi connectivity index (χ2n) is 21.1. The number of esters is 1. The summed E-state index contributed by atoms with van der Waals surface area (Å²) in [5, 5.41) is 73.0. The molecule has 0 amide bonds. The van der Waals surface area contributed by atoms with Gasteiger partial charge in [0.1, 0.15) is 35.8 Å². The summed E-state index contributed by atoms with van der Waals surface area (Å²) < 4.78 is 77.7. The molecule has 0 saturated carbocycles. The molecule has 3 aliphatic heterocycles. The summed E-state index contributed by atoms with van der Waals surface area (Å²) >= 11 is 0. The van der Waals surface area contributed by atoms with Gasteiger partial charge in [-0.25, -0.2) is 22.6 Å². The first-order chi connectivity index (χ1) is 32.4. The highest BCUT2D eigenvalue weighted by Gasteiger charge is 2.53. The molecule has 4 heterocycles. The van der Waals surface area contributed by atoms with Gasteiger partial charge in [0.25, 0.3) is 0 Å². The van der Waals surface area contributed by atoms with Gasteiger partial charge in [-0.2, -0.15) is 0 Å². The Bertz CT molecular complexity index is 2150. The number of aromatic nitrogens is 3. The van der Waals surface area contributed by atoms with Gasteiger partial charge >= 0.3 is 5.97 Å².